The molecule has 1 saturated heterocycles. The van der Waals surface area contributed by atoms with Crippen LogP contribution >= 0.6 is 0 Å². The summed E-state index contributed by atoms with van der Waals surface area (Å²) in [4.78, 5) is 8.91. The van der Waals surface area contributed by atoms with Crippen LogP contribution < -0.4 is 9.64 Å². The van der Waals surface area contributed by atoms with Gasteiger partial charge in [0.25, 0.3) is 10.0 Å². The van der Waals surface area contributed by atoms with Gasteiger partial charge in [0.15, 0.2) is 0 Å². The Bertz CT molecular complexity index is 1020. The highest BCUT2D eigenvalue weighted by Gasteiger charge is 2.34. The summed E-state index contributed by atoms with van der Waals surface area (Å²) in [7, 11) is -2.13. The molecule has 8 heteroatoms. The first kappa shape index (κ1) is 18.5. The second-order valence-corrected chi connectivity index (χ2v) is 8.28. The van der Waals surface area contributed by atoms with Crippen LogP contribution in [0.4, 0.5) is 5.82 Å². The van der Waals surface area contributed by atoms with E-state index in [9.17, 15) is 8.42 Å². The number of hydrogen-bond donors (Lipinski definition) is 0. The fourth-order valence-electron chi connectivity index (χ4n) is 3.61. The summed E-state index contributed by atoms with van der Waals surface area (Å²) in [5.74, 6) is 2.17. The molecule has 0 bridgehead atoms. The lowest BCUT2D eigenvalue weighted by atomic mass is 10.1. The number of anilines is 1. The average molecular weight is 398 g/mol. The largest absolute Gasteiger partial charge is 0.497 e. The van der Waals surface area contributed by atoms with Crippen LogP contribution in [-0.2, 0) is 10.0 Å². The van der Waals surface area contributed by atoms with E-state index in [4.69, 9.17) is 4.74 Å². The summed E-state index contributed by atoms with van der Waals surface area (Å²) in [5.41, 5.74) is 1.32. The number of aromatic nitrogens is 1. The van der Waals surface area contributed by atoms with Crippen molar-refractivity contribution in [2.75, 3.05) is 38.2 Å². The molecule has 3 heterocycles. The molecule has 0 unspecified atom stereocenters. The van der Waals surface area contributed by atoms with Gasteiger partial charge in [-0.2, -0.15) is 8.42 Å². The van der Waals surface area contributed by atoms with Crippen LogP contribution in [0, 0.1) is 0 Å². The van der Waals surface area contributed by atoms with Crippen molar-refractivity contribution in [1.29, 1.82) is 0 Å². The molecule has 1 aromatic carbocycles. The van der Waals surface area contributed by atoms with Crippen molar-refractivity contribution in [2.45, 2.75) is 6.92 Å². The lowest BCUT2D eigenvalue weighted by molar-refractivity contribution is 0.385. The number of hydrogen-bond acceptors (Lipinski definition) is 6. The number of amidine groups is 1. The number of piperazine rings is 1. The molecule has 146 valence electrons. The molecule has 1 fully saturated rings. The first-order valence-corrected chi connectivity index (χ1v) is 10.6. The molecule has 4 rings (SSSR count). The van der Waals surface area contributed by atoms with Gasteiger partial charge in [-0.1, -0.05) is 6.07 Å². The molecule has 28 heavy (non-hydrogen) atoms. The molecule has 0 spiro atoms. The number of benzene rings is 1. The molecule has 0 radical (unpaired) electrons. The summed E-state index contributed by atoms with van der Waals surface area (Å²) in [6.45, 7) is 4.74. The molecule has 0 aliphatic carbocycles. The first-order chi connectivity index (χ1) is 13.5. The Morgan fingerprint density at radius 1 is 0.964 bits per heavy atom. The van der Waals surface area contributed by atoms with Gasteiger partial charge in [0.2, 0.25) is 0 Å². The van der Waals surface area contributed by atoms with Crippen molar-refractivity contribution >= 4 is 26.6 Å². The van der Waals surface area contributed by atoms with Gasteiger partial charge in [-0.3, -0.25) is 0 Å². The SMILES string of the molecule is COc1ccc(C2=C(C)C(N3CCN(c4ccccn4)CC3)=NS2(=O)=O)cc1. The van der Waals surface area contributed by atoms with Crippen molar-refractivity contribution in [3.63, 3.8) is 0 Å². The standard InChI is InChI=1S/C20H22N4O3S/c1-15-19(16-6-8-17(27-2)9-7-16)28(25,26)22-20(15)24-13-11-23(12-14-24)18-5-3-4-10-21-18/h3-10H,11-14H2,1-2H3. The Labute approximate surface area is 165 Å². The first-order valence-electron chi connectivity index (χ1n) is 9.11. The highest BCUT2D eigenvalue weighted by molar-refractivity contribution is 8.00. The van der Waals surface area contributed by atoms with Gasteiger partial charge in [0.05, 0.1) is 7.11 Å². The predicted octanol–water partition coefficient (Wildman–Crippen LogP) is 2.39. The molecular formula is C20H22N4O3S. The van der Waals surface area contributed by atoms with Crippen LogP contribution in [0.1, 0.15) is 12.5 Å². The molecule has 2 aromatic rings. The third-order valence-electron chi connectivity index (χ3n) is 5.05. The van der Waals surface area contributed by atoms with Crippen LogP contribution in [0.2, 0.25) is 0 Å². The minimum Gasteiger partial charge on any atom is -0.497 e. The monoisotopic (exact) mass is 398 g/mol. The Hall–Kier alpha value is -2.87. The summed E-state index contributed by atoms with van der Waals surface area (Å²) < 4.78 is 34.7. The zero-order valence-corrected chi connectivity index (χ0v) is 16.7. The van der Waals surface area contributed by atoms with Crippen molar-refractivity contribution in [3.05, 3.63) is 59.8 Å². The lowest BCUT2D eigenvalue weighted by Crippen LogP contribution is -2.49. The van der Waals surface area contributed by atoms with Crippen molar-refractivity contribution in [1.82, 2.24) is 9.88 Å². The Morgan fingerprint density at radius 3 is 2.25 bits per heavy atom. The van der Waals surface area contributed by atoms with E-state index in [-0.39, 0.29) is 4.91 Å². The molecular weight excluding hydrogens is 376 g/mol. The number of methoxy groups -OCH3 is 1. The molecule has 2 aliphatic rings. The zero-order chi connectivity index (χ0) is 19.7. The van der Waals surface area contributed by atoms with E-state index in [2.05, 4.69) is 14.3 Å². The van der Waals surface area contributed by atoms with Crippen LogP contribution in [0.5, 0.6) is 5.75 Å². The highest BCUT2D eigenvalue weighted by atomic mass is 32.2. The smallest absolute Gasteiger partial charge is 0.285 e. The summed E-state index contributed by atoms with van der Waals surface area (Å²) >= 11 is 0. The Kier molecular flexibility index (Phi) is 4.80. The van der Waals surface area contributed by atoms with Gasteiger partial charge in [0, 0.05) is 37.9 Å². The third kappa shape index (κ3) is 3.35. The van der Waals surface area contributed by atoms with Crippen LogP contribution in [0.3, 0.4) is 0 Å². The maximum absolute atomic E-state index is 12.7. The summed E-state index contributed by atoms with van der Waals surface area (Å²) in [6.07, 6.45) is 1.78. The lowest BCUT2D eigenvalue weighted by Gasteiger charge is -2.36. The minimum atomic E-state index is -3.71. The van der Waals surface area contributed by atoms with E-state index >= 15 is 0 Å². The fourth-order valence-corrected chi connectivity index (χ4v) is 5.10. The summed E-state index contributed by atoms with van der Waals surface area (Å²) in [5, 5.41) is 0. The predicted molar refractivity (Wildman–Crippen MR) is 110 cm³/mol. The van der Waals surface area contributed by atoms with E-state index in [1.165, 1.54) is 0 Å². The van der Waals surface area contributed by atoms with Gasteiger partial charge in [-0.15, -0.1) is 4.40 Å². The number of pyridine rings is 1. The molecule has 7 nitrogen and oxygen atoms in total. The van der Waals surface area contributed by atoms with Crippen molar-refractivity contribution in [2.24, 2.45) is 4.40 Å². The van der Waals surface area contributed by atoms with E-state index in [1.54, 1.807) is 37.6 Å². The Morgan fingerprint density at radius 2 is 1.64 bits per heavy atom. The number of rotatable bonds is 3. The number of nitrogens with zero attached hydrogens (tertiary/aromatic N) is 4. The third-order valence-corrected chi connectivity index (χ3v) is 6.52. The molecule has 2 aliphatic heterocycles. The second kappa shape index (κ2) is 7.27. The number of ether oxygens (including phenoxy) is 1. The van der Waals surface area contributed by atoms with Gasteiger partial charge >= 0.3 is 0 Å². The van der Waals surface area contributed by atoms with Crippen LogP contribution in [-0.4, -0.2) is 57.4 Å². The topological polar surface area (TPSA) is 75.1 Å². The molecule has 0 amide bonds. The quantitative estimate of drug-likeness (QED) is 0.790. The Balaban J connectivity index is 1.56. The number of sulfonamides is 1. The van der Waals surface area contributed by atoms with Crippen LogP contribution in [0.25, 0.3) is 4.91 Å². The van der Waals surface area contributed by atoms with Gasteiger partial charge in [-0.25, -0.2) is 4.98 Å². The minimum absolute atomic E-state index is 0.275. The van der Waals surface area contributed by atoms with Crippen molar-refractivity contribution in [3.8, 4) is 5.75 Å². The van der Waals surface area contributed by atoms with E-state index < -0.39 is 10.0 Å². The zero-order valence-electron chi connectivity index (χ0n) is 15.9. The molecule has 1 aromatic heterocycles. The van der Waals surface area contributed by atoms with Crippen LogP contribution in [0.15, 0.2) is 58.6 Å². The average Bonchev–Trinajstić information content (AvgIpc) is 2.97. The summed E-state index contributed by atoms with van der Waals surface area (Å²) in [6, 6.07) is 12.9. The van der Waals surface area contributed by atoms with Gasteiger partial charge in [0.1, 0.15) is 22.3 Å². The van der Waals surface area contributed by atoms with Gasteiger partial charge < -0.3 is 14.5 Å². The molecule has 0 atom stereocenters. The molecule has 0 N–H and O–H groups in total. The maximum Gasteiger partial charge on any atom is 0.285 e. The van der Waals surface area contributed by atoms with E-state index in [1.807, 2.05) is 30.0 Å². The van der Waals surface area contributed by atoms with Gasteiger partial charge in [-0.05, 0) is 48.9 Å². The second-order valence-electron chi connectivity index (χ2n) is 6.73. The van der Waals surface area contributed by atoms with Crippen molar-refractivity contribution < 1.29 is 13.2 Å². The highest BCUT2D eigenvalue weighted by Crippen LogP contribution is 2.34. The maximum atomic E-state index is 12.7. The van der Waals surface area contributed by atoms with E-state index in [0.717, 1.165) is 18.9 Å². The normalized spacial score (nSPS) is 19.0. The molecule has 0 saturated carbocycles. The van der Waals surface area contributed by atoms with E-state index in [0.29, 0.717) is 35.8 Å². The fraction of sp³-hybridized carbons (Fsp3) is 0.300.